The molecule has 1 amide bonds. The predicted molar refractivity (Wildman–Crippen MR) is 63.4 cm³/mol. The molecule has 1 aromatic heterocycles. The first kappa shape index (κ1) is 12.2. The van der Waals surface area contributed by atoms with Crippen molar-refractivity contribution in [1.82, 2.24) is 15.3 Å². The van der Waals surface area contributed by atoms with Crippen LogP contribution in [0.1, 0.15) is 13.8 Å². The Balaban J connectivity index is 2.47. The first-order valence-corrected chi connectivity index (χ1v) is 5.32. The third-order valence-corrected chi connectivity index (χ3v) is 1.80. The molecule has 0 bridgehead atoms. The lowest BCUT2D eigenvalue weighted by Crippen LogP contribution is -2.29. The summed E-state index contributed by atoms with van der Waals surface area (Å²) in [5.74, 6) is 1.23. The molecule has 0 aliphatic heterocycles. The number of amides is 1. The maximum atomic E-state index is 11.2. The van der Waals surface area contributed by atoms with E-state index in [1.165, 1.54) is 0 Å². The van der Waals surface area contributed by atoms with Gasteiger partial charge in [-0.3, -0.25) is 9.78 Å². The van der Waals surface area contributed by atoms with Crippen molar-refractivity contribution in [3.8, 4) is 0 Å². The lowest BCUT2D eigenvalue weighted by molar-refractivity contribution is -0.119. The van der Waals surface area contributed by atoms with E-state index in [1.54, 1.807) is 12.4 Å². The van der Waals surface area contributed by atoms with E-state index >= 15 is 0 Å². The highest BCUT2D eigenvalue weighted by molar-refractivity contribution is 5.80. The van der Waals surface area contributed by atoms with Crippen LogP contribution >= 0.6 is 0 Å². The van der Waals surface area contributed by atoms with Gasteiger partial charge in [0.2, 0.25) is 5.91 Å². The number of hydrogen-bond donors (Lipinski definition) is 3. The van der Waals surface area contributed by atoms with E-state index in [-0.39, 0.29) is 12.5 Å². The summed E-state index contributed by atoms with van der Waals surface area (Å²) in [5, 5.41) is 8.64. The van der Waals surface area contributed by atoms with E-state index < -0.39 is 0 Å². The Morgan fingerprint density at radius 2 is 1.88 bits per heavy atom. The molecule has 0 saturated heterocycles. The fourth-order valence-electron chi connectivity index (χ4n) is 1.15. The predicted octanol–water partition coefficient (Wildman–Crippen LogP) is 0.456. The highest BCUT2D eigenvalue weighted by atomic mass is 16.1. The van der Waals surface area contributed by atoms with Crippen molar-refractivity contribution < 1.29 is 4.79 Å². The molecule has 6 nitrogen and oxygen atoms in total. The molecule has 0 fully saturated rings. The van der Waals surface area contributed by atoms with Gasteiger partial charge in [-0.05, 0) is 13.8 Å². The molecule has 0 aromatic carbocycles. The van der Waals surface area contributed by atoms with Crippen LogP contribution in [0.15, 0.2) is 12.4 Å². The lowest BCUT2D eigenvalue weighted by Gasteiger charge is -2.07. The summed E-state index contributed by atoms with van der Waals surface area (Å²) in [6.07, 6.45) is 3.22. The van der Waals surface area contributed by atoms with E-state index in [1.807, 2.05) is 13.8 Å². The molecule has 0 unspecified atom stereocenters. The highest BCUT2D eigenvalue weighted by Gasteiger charge is 2.01. The van der Waals surface area contributed by atoms with Gasteiger partial charge in [-0.2, -0.15) is 0 Å². The Morgan fingerprint density at radius 1 is 1.19 bits per heavy atom. The average Bonchev–Trinajstić information content (AvgIpc) is 2.28. The van der Waals surface area contributed by atoms with Gasteiger partial charge in [0.05, 0.1) is 18.9 Å². The Morgan fingerprint density at radius 3 is 2.50 bits per heavy atom. The summed E-state index contributed by atoms with van der Waals surface area (Å²) in [6, 6.07) is 0. The summed E-state index contributed by atoms with van der Waals surface area (Å²) in [4.78, 5) is 19.4. The van der Waals surface area contributed by atoms with Crippen molar-refractivity contribution in [2.75, 3.05) is 30.3 Å². The maximum absolute atomic E-state index is 11.2. The monoisotopic (exact) mass is 223 g/mol. The van der Waals surface area contributed by atoms with Crippen molar-refractivity contribution in [2.24, 2.45) is 0 Å². The number of aromatic nitrogens is 2. The zero-order chi connectivity index (χ0) is 11.8. The molecule has 0 saturated carbocycles. The molecule has 88 valence electrons. The van der Waals surface area contributed by atoms with Gasteiger partial charge < -0.3 is 16.0 Å². The van der Waals surface area contributed by atoms with E-state index in [4.69, 9.17) is 0 Å². The molecule has 0 aliphatic rings. The molecule has 1 heterocycles. The number of nitrogens with zero attached hydrogens (tertiary/aromatic N) is 2. The van der Waals surface area contributed by atoms with E-state index in [2.05, 4.69) is 25.9 Å². The van der Waals surface area contributed by atoms with Crippen LogP contribution in [-0.4, -0.2) is 35.5 Å². The average molecular weight is 223 g/mol. The van der Waals surface area contributed by atoms with Crippen molar-refractivity contribution >= 4 is 17.5 Å². The third-order valence-electron chi connectivity index (χ3n) is 1.80. The van der Waals surface area contributed by atoms with Gasteiger partial charge in [0.25, 0.3) is 0 Å². The molecule has 1 aromatic rings. The van der Waals surface area contributed by atoms with Crippen LogP contribution in [0, 0.1) is 0 Å². The zero-order valence-corrected chi connectivity index (χ0v) is 9.58. The van der Waals surface area contributed by atoms with Crippen LogP contribution in [0.2, 0.25) is 0 Å². The van der Waals surface area contributed by atoms with Gasteiger partial charge in [0.15, 0.2) is 0 Å². The Hall–Kier alpha value is -1.85. The van der Waals surface area contributed by atoms with Crippen LogP contribution < -0.4 is 16.0 Å². The summed E-state index contributed by atoms with van der Waals surface area (Å²) in [7, 11) is 0. The topological polar surface area (TPSA) is 78.9 Å². The minimum Gasteiger partial charge on any atom is -0.369 e. The molecular weight excluding hydrogens is 206 g/mol. The van der Waals surface area contributed by atoms with Crippen molar-refractivity contribution in [3.63, 3.8) is 0 Å². The lowest BCUT2D eigenvalue weighted by atomic mass is 10.5. The number of nitrogens with one attached hydrogen (secondary N) is 3. The van der Waals surface area contributed by atoms with Gasteiger partial charge in [0.1, 0.15) is 11.6 Å². The van der Waals surface area contributed by atoms with Crippen LogP contribution in [-0.2, 0) is 4.79 Å². The molecule has 0 aliphatic carbocycles. The molecular formula is C10H17N5O. The van der Waals surface area contributed by atoms with E-state index in [0.717, 1.165) is 6.54 Å². The van der Waals surface area contributed by atoms with Crippen molar-refractivity contribution in [2.45, 2.75) is 13.8 Å². The number of carbonyl (C=O) groups excluding carboxylic acids is 1. The second kappa shape index (κ2) is 6.60. The van der Waals surface area contributed by atoms with Gasteiger partial charge >= 0.3 is 0 Å². The number of rotatable bonds is 6. The normalized spacial score (nSPS) is 9.62. The van der Waals surface area contributed by atoms with Crippen LogP contribution in [0.5, 0.6) is 0 Å². The van der Waals surface area contributed by atoms with E-state index in [9.17, 15) is 4.79 Å². The van der Waals surface area contributed by atoms with Gasteiger partial charge in [-0.25, -0.2) is 4.98 Å². The number of carbonyl (C=O) groups is 1. The molecule has 3 N–H and O–H groups in total. The third kappa shape index (κ3) is 4.12. The van der Waals surface area contributed by atoms with Crippen molar-refractivity contribution in [1.29, 1.82) is 0 Å². The summed E-state index contributed by atoms with van der Waals surface area (Å²) in [5.41, 5.74) is 0. The SMILES string of the molecule is CCNC(=O)CNc1cncc(NCC)n1. The van der Waals surface area contributed by atoms with Gasteiger partial charge in [-0.15, -0.1) is 0 Å². The summed E-state index contributed by atoms with van der Waals surface area (Å²) < 4.78 is 0. The number of hydrogen-bond acceptors (Lipinski definition) is 5. The second-order valence-corrected chi connectivity index (χ2v) is 3.13. The van der Waals surface area contributed by atoms with Crippen molar-refractivity contribution in [3.05, 3.63) is 12.4 Å². The Kier molecular flexibility index (Phi) is 5.04. The number of likely N-dealkylation sites (N-methyl/N-ethyl adjacent to an activating group) is 1. The minimum atomic E-state index is -0.0573. The first-order valence-electron chi connectivity index (χ1n) is 5.32. The first-order chi connectivity index (χ1) is 7.76. The largest absolute Gasteiger partial charge is 0.369 e. The number of anilines is 2. The Bertz CT molecular complexity index is 342. The standard InChI is InChI=1S/C10H17N5O/c1-3-12-8-5-11-6-9(15-8)14-7-10(16)13-4-2/h5-6H,3-4,7H2,1-2H3,(H,13,16)(H2,12,14,15). The zero-order valence-electron chi connectivity index (χ0n) is 9.58. The molecule has 0 spiro atoms. The maximum Gasteiger partial charge on any atom is 0.239 e. The smallest absolute Gasteiger partial charge is 0.239 e. The van der Waals surface area contributed by atoms with E-state index in [0.29, 0.717) is 18.2 Å². The fraction of sp³-hybridized carbons (Fsp3) is 0.500. The highest BCUT2D eigenvalue weighted by Crippen LogP contribution is 2.05. The molecule has 6 heteroatoms. The van der Waals surface area contributed by atoms with Crippen LogP contribution in [0.3, 0.4) is 0 Å². The molecule has 16 heavy (non-hydrogen) atoms. The molecule has 1 rings (SSSR count). The molecule has 0 radical (unpaired) electrons. The van der Waals surface area contributed by atoms with Crippen LogP contribution in [0.25, 0.3) is 0 Å². The Labute approximate surface area is 94.9 Å². The fourth-order valence-corrected chi connectivity index (χ4v) is 1.15. The minimum absolute atomic E-state index is 0.0573. The van der Waals surface area contributed by atoms with Crippen LogP contribution in [0.4, 0.5) is 11.6 Å². The summed E-state index contributed by atoms with van der Waals surface area (Å²) in [6.45, 7) is 5.48. The quantitative estimate of drug-likeness (QED) is 0.653. The molecule has 0 atom stereocenters. The van der Waals surface area contributed by atoms with Gasteiger partial charge in [-0.1, -0.05) is 0 Å². The summed E-state index contributed by atoms with van der Waals surface area (Å²) >= 11 is 0. The van der Waals surface area contributed by atoms with Gasteiger partial charge in [0, 0.05) is 13.1 Å². The second-order valence-electron chi connectivity index (χ2n) is 3.13.